The van der Waals surface area contributed by atoms with Crippen LogP contribution in [0.4, 0.5) is 0 Å². The zero-order valence-corrected chi connectivity index (χ0v) is 18.1. The Balaban J connectivity index is 1.46. The average Bonchev–Trinajstić information content (AvgIpc) is 2.77. The van der Waals surface area contributed by atoms with E-state index in [1.54, 1.807) is 0 Å². The number of benzene rings is 1. The highest BCUT2D eigenvalue weighted by Crippen LogP contribution is 2.37. The molecule has 158 valence electrons. The number of aryl methyl sites for hydroxylation is 1. The molecule has 0 spiro atoms. The van der Waals surface area contributed by atoms with Gasteiger partial charge in [0.25, 0.3) is 0 Å². The quantitative estimate of drug-likeness (QED) is 0.613. The molecule has 0 aliphatic heterocycles. The van der Waals surface area contributed by atoms with Crippen molar-refractivity contribution in [2.24, 2.45) is 5.92 Å². The van der Waals surface area contributed by atoms with Crippen LogP contribution in [0.5, 0.6) is 5.88 Å². The lowest BCUT2D eigenvalue weighted by Crippen LogP contribution is -2.20. The van der Waals surface area contributed by atoms with Crippen molar-refractivity contribution in [3.8, 4) is 5.88 Å². The lowest BCUT2D eigenvalue weighted by atomic mass is 9.83. The second-order valence-corrected chi connectivity index (χ2v) is 8.69. The summed E-state index contributed by atoms with van der Waals surface area (Å²) >= 11 is 0. The highest BCUT2D eigenvalue weighted by atomic mass is 16.5. The van der Waals surface area contributed by atoms with Crippen LogP contribution in [-0.2, 0) is 0 Å². The van der Waals surface area contributed by atoms with Crippen LogP contribution in [0.25, 0.3) is 10.9 Å². The largest absolute Gasteiger partial charge is 0.477 e. The van der Waals surface area contributed by atoms with Crippen molar-refractivity contribution >= 4 is 10.9 Å². The summed E-state index contributed by atoms with van der Waals surface area (Å²) in [5.74, 6) is 2.34. The van der Waals surface area contributed by atoms with E-state index >= 15 is 0 Å². The molecule has 2 aromatic heterocycles. The third kappa shape index (κ3) is 4.62. The Morgan fingerprint density at radius 1 is 1.03 bits per heavy atom. The van der Waals surface area contributed by atoms with Crippen molar-refractivity contribution in [2.45, 2.75) is 64.4 Å². The molecule has 1 aliphatic rings. The van der Waals surface area contributed by atoms with Gasteiger partial charge in [-0.15, -0.1) is 0 Å². The van der Waals surface area contributed by atoms with Crippen molar-refractivity contribution in [2.75, 3.05) is 6.61 Å². The highest BCUT2D eigenvalue weighted by Gasteiger charge is 2.25. The normalized spacial score (nSPS) is 21.3. The van der Waals surface area contributed by atoms with Crippen LogP contribution in [-0.4, -0.2) is 32.8 Å². The first-order chi connectivity index (χ1) is 14.5. The lowest BCUT2D eigenvalue weighted by Gasteiger charge is -2.27. The van der Waals surface area contributed by atoms with Gasteiger partial charge < -0.3 is 9.84 Å². The van der Waals surface area contributed by atoms with Crippen LogP contribution in [0, 0.1) is 12.8 Å². The Morgan fingerprint density at radius 3 is 2.60 bits per heavy atom. The van der Waals surface area contributed by atoms with Gasteiger partial charge in [0.15, 0.2) is 0 Å². The minimum absolute atomic E-state index is 0.174. The van der Waals surface area contributed by atoms with E-state index in [-0.39, 0.29) is 17.9 Å². The van der Waals surface area contributed by atoms with Gasteiger partial charge in [-0.1, -0.05) is 38.1 Å². The van der Waals surface area contributed by atoms with E-state index in [1.807, 2.05) is 25.3 Å². The number of fused-ring (bicyclic) bond motifs is 1. The molecule has 0 radical (unpaired) electrons. The van der Waals surface area contributed by atoms with Crippen LogP contribution < -0.4 is 4.74 Å². The predicted molar refractivity (Wildman–Crippen MR) is 119 cm³/mol. The number of para-hydroxylation sites is 1. The molecule has 0 bridgehead atoms. The van der Waals surface area contributed by atoms with E-state index in [4.69, 9.17) is 9.72 Å². The Morgan fingerprint density at radius 2 is 1.80 bits per heavy atom. The van der Waals surface area contributed by atoms with Gasteiger partial charge in [-0.25, -0.2) is 4.98 Å². The maximum atomic E-state index is 9.83. The molecule has 30 heavy (non-hydrogen) atoms. The number of aliphatic hydroxyl groups is 1. The lowest BCUT2D eigenvalue weighted by molar-refractivity contribution is 0.121. The minimum Gasteiger partial charge on any atom is -0.477 e. The number of nitrogens with zero attached hydrogens (tertiary/aromatic N) is 3. The molecule has 1 aromatic carbocycles. The smallest absolute Gasteiger partial charge is 0.220 e. The topological polar surface area (TPSA) is 68.1 Å². The van der Waals surface area contributed by atoms with E-state index < -0.39 is 0 Å². The average molecular weight is 406 g/mol. The molecular weight excluding hydrogens is 374 g/mol. The summed E-state index contributed by atoms with van der Waals surface area (Å²) in [5, 5.41) is 11.0. The summed E-state index contributed by atoms with van der Waals surface area (Å²) in [6.45, 7) is 6.88. The fraction of sp³-hybridized carbons (Fsp3) is 0.480. The second kappa shape index (κ2) is 9.09. The van der Waals surface area contributed by atoms with Gasteiger partial charge in [0.05, 0.1) is 18.2 Å². The summed E-state index contributed by atoms with van der Waals surface area (Å²) in [5.41, 5.74) is 3.20. The molecule has 1 aliphatic carbocycles. The van der Waals surface area contributed by atoms with Crippen LogP contribution in [0.2, 0.25) is 0 Å². The third-order valence-corrected chi connectivity index (χ3v) is 6.46. The molecule has 0 unspecified atom stereocenters. The number of aliphatic hydroxyl groups excluding tert-OH is 1. The van der Waals surface area contributed by atoms with Gasteiger partial charge in [-0.05, 0) is 56.6 Å². The standard InChI is InChI=1S/C25H31N3O2/c1-16(17(2)23-13-10-20-6-4-5-7-24(20)28-23)15-30-25-22(14-26-18(3)27-25)19-8-11-21(29)12-9-19/h4-7,10,13-14,16-17,19,21,29H,8-9,11-12,15H2,1-3H3/t16-,17-,19-,21-/m1/s1. The molecule has 2 heterocycles. The summed E-state index contributed by atoms with van der Waals surface area (Å²) in [6, 6.07) is 12.5. The molecule has 1 saturated carbocycles. The maximum absolute atomic E-state index is 9.83. The Hall–Kier alpha value is -2.53. The summed E-state index contributed by atoms with van der Waals surface area (Å²) < 4.78 is 6.25. The molecular formula is C25H31N3O2. The summed E-state index contributed by atoms with van der Waals surface area (Å²) in [7, 11) is 0. The van der Waals surface area contributed by atoms with Crippen LogP contribution in [0.3, 0.4) is 0 Å². The first kappa shape index (κ1) is 20.7. The fourth-order valence-corrected chi connectivity index (χ4v) is 4.22. The van der Waals surface area contributed by atoms with Crippen molar-refractivity contribution in [3.63, 3.8) is 0 Å². The number of aromatic nitrogens is 3. The summed E-state index contributed by atoms with van der Waals surface area (Å²) in [4.78, 5) is 13.9. The van der Waals surface area contributed by atoms with E-state index in [9.17, 15) is 5.11 Å². The molecule has 3 aromatic rings. The predicted octanol–water partition coefficient (Wildman–Crippen LogP) is 5.17. The van der Waals surface area contributed by atoms with Crippen molar-refractivity contribution in [1.29, 1.82) is 0 Å². The molecule has 1 fully saturated rings. The van der Waals surface area contributed by atoms with E-state index in [1.165, 1.54) is 0 Å². The number of ether oxygens (including phenoxy) is 1. The Labute approximate surface area is 178 Å². The Bertz CT molecular complexity index is 999. The van der Waals surface area contributed by atoms with Crippen LogP contribution in [0.1, 0.15) is 68.4 Å². The van der Waals surface area contributed by atoms with Gasteiger partial charge >= 0.3 is 0 Å². The molecule has 0 amide bonds. The first-order valence-corrected chi connectivity index (χ1v) is 11.0. The zero-order valence-electron chi connectivity index (χ0n) is 18.1. The van der Waals surface area contributed by atoms with Crippen molar-refractivity contribution < 1.29 is 9.84 Å². The highest BCUT2D eigenvalue weighted by molar-refractivity contribution is 5.78. The fourth-order valence-electron chi connectivity index (χ4n) is 4.22. The Kier molecular flexibility index (Phi) is 6.28. The van der Waals surface area contributed by atoms with Crippen LogP contribution >= 0.6 is 0 Å². The third-order valence-electron chi connectivity index (χ3n) is 6.46. The van der Waals surface area contributed by atoms with Gasteiger partial charge in [0.2, 0.25) is 5.88 Å². The van der Waals surface area contributed by atoms with Crippen molar-refractivity contribution in [1.82, 2.24) is 15.0 Å². The number of hydrogen-bond donors (Lipinski definition) is 1. The van der Waals surface area contributed by atoms with Gasteiger partial charge in [-0.2, -0.15) is 4.98 Å². The molecule has 2 atom stereocenters. The first-order valence-electron chi connectivity index (χ1n) is 11.0. The SMILES string of the molecule is Cc1ncc([C@H]2CC[C@H](O)CC2)c(OC[C@@H](C)[C@@H](C)c2ccc3ccccc3n2)n1. The second-order valence-electron chi connectivity index (χ2n) is 8.69. The molecule has 1 N–H and O–H groups in total. The van der Waals surface area contributed by atoms with Crippen molar-refractivity contribution in [3.05, 3.63) is 59.7 Å². The zero-order chi connectivity index (χ0) is 21.1. The van der Waals surface area contributed by atoms with Crippen LogP contribution in [0.15, 0.2) is 42.6 Å². The molecule has 0 saturated heterocycles. The summed E-state index contributed by atoms with van der Waals surface area (Å²) in [6.07, 6.45) is 5.32. The van der Waals surface area contributed by atoms with E-state index in [0.717, 1.165) is 53.7 Å². The van der Waals surface area contributed by atoms with E-state index in [2.05, 4.69) is 48.1 Å². The molecule has 4 rings (SSSR count). The molecule has 5 nitrogen and oxygen atoms in total. The molecule has 5 heteroatoms. The van der Waals surface area contributed by atoms with E-state index in [0.29, 0.717) is 18.4 Å². The monoisotopic (exact) mass is 405 g/mol. The maximum Gasteiger partial charge on any atom is 0.220 e. The van der Waals surface area contributed by atoms with Gasteiger partial charge in [0.1, 0.15) is 5.82 Å². The number of pyridine rings is 1. The number of hydrogen-bond acceptors (Lipinski definition) is 5. The minimum atomic E-state index is -0.174. The van der Waals surface area contributed by atoms with Gasteiger partial charge in [0, 0.05) is 28.8 Å². The number of rotatable bonds is 6. The van der Waals surface area contributed by atoms with Gasteiger partial charge in [-0.3, -0.25) is 4.98 Å².